The maximum atomic E-state index is 13.2. The highest BCUT2D eigenvalue weighted by Crippen LogP contribution is 2.21. The van der Waals surface area contributed by atoms with Crippen LogP contribution in [0.5, 0.6) is 0 Å². The molecule has 0 atom stereocenters. The smallest absolute Gasteiger partial charge is 0.291 e. The van der Waals surface area contributed by atoms with Gasteiger partial charge in [0.1, 0.15) is 11.6 Å². The molecule has 25 heavy (non-hydrogen) atoms. The van der Waals surface area contributed by atoms with Crippen molar-refractivity contribution in [3.63, 3.8) is 0 Å². The van der Waals surface area contributed by atoms with E-state index >= 15 is 0 Å². The first kappa shape index (κ1) is 17.5. The normalized spacial score (nSPS) is 14.9. The first-order chi connectivity index (χ1) is 11.7. The van der Waals surface area contributed by atoms with Gasteiger partial charge >= 0.3 is 0 Å². The number of benzene rings is 1. The Kier molecular flexibility index (Phi) is 4.33. The van der Waals surface area contributed by atoms with Crippen molar-refractivity contribution in [3.05, 3.63) is 41.2 Å². The summed E-state index contributed by atoms with van der Waals surface area (Å²) < 4.78 is 41.5. The van der Waals surface area contributed by atoms with E-state index in [-0.39, 0.29) is 23.2 Å². The Hall–Kier alpha value is -2.33. The maximum absolute atomic E-state index is 13.2. The van der Waals surface area contributed by atoms with Crippen molar-refractivity contribution in [2.75, 3.05) is 20.6 Å². The van der Waals surface area contributed by atoms with Crippen LogP contribution in [0.3, 0.4) is 0 Å². The lowest BCUT2D eigenvalue weighted by Crippen LogP contribution is -2.38. The van der Waals surface area contributed by atoms with Gasteiger partial charge in [-0.1, -0.05) is 0 Å². The van der Waals surface area contributed by atoms with Gasteiger partial charge in [0.05, 0.1) is 11.4 Å². The standard InChI is InChI=1S/C15H18FN5O3S/c1-10-8-11(16)4-5-12(10)25(23,24)20(3)9-13-17-18-14-15(22)19(2)6-7-21(13)14/h4-5,8H,6-7,9H2,1-3H3. The van der Waals surface area contributed by atoms with Crippen LogP contribution in [-0.2, 0) is 23.1 Å². The molecule has 1 amide bonds. The van der Waals surface area contributed by atoms with Crippen LogP contribution in [0.25, 0.3) is 0 Å². The number of aryl methyl sites for hydroxylation is 1. The Morgan fingerprint density at radius 2 is 2.00 bits per heavy atom. The van der Waals surface area contributed by atoms with Gasteiger partial charge in [-0.3, -0.25) is 4.79 Å². The molecule has 0 saturated carbocycles. The molecule has 0 N–H and O–H groups in total. The number of fused-ring (bicyclic) bond motifs is 1. The first-order valence-corrected chi connectivity index (χ1v) is 9.06. The Balaban J connectivity index is 1.89. The van der Waals surface area contributed by atoms with E-state index in [0.717, 1.165) is 10.4 Å². The number of sulfonamides is 1. The topological polar surface area (TPSA) is 88.4 Å². The predicted octanol–water partition coefficient (Wildman–Crippen LogP) is 0.632. The Bertz CT molecular complexity index is 941. The first-order valence-electron chi connectivity index (χ1n) is 7.62. The molecular formula is C15H18FN5O3S. The molecule has 0 spiro atoms. The van der Waals surface area contributed by atoms with Gasteiger partial charge in [-0.2, -0.15) is 4.31 Å². The second-order valence-electron chi connectivity index (χ2n) is 5.99. The van der Waals surface area contributed by atoms with Gasteiger partial charge in [-0.05, 0) is 30.7 Å². The number of carbonyl (C=O) groups is 1. The van der Waals surface area contributed by atoms with Crippen molar-refractivity contribution in [1.29, 1.82) is 0 Å². The van der Waals surface area contributed by atoms with E-state index in [4.69, 9.17) is 0 Å². The number of hydrogen-bond acceptors (Lipinski definition) is 5. The SMILES string of the molecule is Cc1cc(F)ccc1S(=O)(=O)N(C)Cc1nnc2n1CCN(C)C2=O. The van der Waals surface area contributed by atoms with Crippen molar-refractivity contribution >= 4 is 15.9 Å². The highest BCUT2D eigenvalue weighted by Gasteiger charge is 2.29. The van der Waals surface area contributed by atoms with Gasteiger partial charge in [-0.15, -0.1) is 10.2 Å². The number of carbonyl (C=O) groups excluding carboxylic acids is 1. The van der Waals surface area contributed by atoms with Crippen LogP contribution in [-0.4, -0.2) is 58.9 Å². The van der Waals surface area contributed by atoms with Crippen LogP contribution in [0.4, 0.5) is 4.39 Å². The largest absolute Gasteiger partial charge is 0.337 e. The average molecular weight is 367 g/mol. The highest BCUT2D eigenvalue weighted by molar-refractivity contribution is 7.89. The molecule has 8 nitrogen and oxygen atoms in total. The Morgan fingerprint density at radius 1 is 1.28 bits per heavy atom. The second kappa shape index (κ2) is 6.19. The monoisotopic (exact) mass is 367 g/mol. The number of halogens is 1. The second-order valence-corrected chi connectivity index (χ2v) is 8.00. The summed E-state index contributed by atoms with van der Waals surface area (Å²) in [5, 5.41) is 7.84. The summed E-state index contributed by atoms with van der Waals surface area (Å²) in [6, 6.07) is 3.53. The minimum Gasteiger partial charge on any atom is -0.337 e. The van der Waals surface area contributed by atoms with E-state index in [0.29, 0.717) is 24.5 Å². The lowest BCUT2D eigenvalue weighted by atomic mass is 10.2. The zero-order chi connectivity index (χ0) is 18.4. The molecule has 0 fully saturated rings. The minimum atomic E-state index is -3.82. The third-order valence-corrected chi connectivity index (χ3v) is 6.18. The molecule has 0 unspecified atom stereocenters. The molecular weight excluding hydrogens is 349 g/mol. The molecule has 2 aromatic rings. The maximum Gasteiger partial charge on any atom is 0.291 e. The van der Waals surface area contributed by atoms with Crippen LogP contribution < -0.4 is 0 Å². The molecule has 0 bridgehead atoms. The van der Waals surface area contributed by atoms with E-state index in [1.807, 2.05) is 0 Å². The predicted molar refractivity (Wildman–Crippen MR) is 86.8 cm³/mol. The molecule has 0 saturated heterocycles. The zero-order valence-corrected chi connectivity index (χ0v) is 14.9. The van der Waals surface area contributed by atoms with Crippen LogP contribution in [0.1, 0.15) is 22.0 Å². The Labute approximate surface area is 144 Å². The summed E-state index contributed by atoms with van der Waals surface area (Å²) >= 11 is 0. The van der Waals surface area contributed by atoms with E-state index in [1.54, 1.807) is 11.6 Å². The van der Waals surface area contributed by atoms with Crippen LogP contribution in [0.2, 0.25) is 0 Å². The number of hydrogen-bond donors (Lipinski definition) is 0. The fourth-order valence-corrected chi connectivity index (χ4v) is 4.05. The van der Waals surface area contributed by atoms with Crippen molar-refractivity contribution in [1.82, 2.24) is 24.0 Å². The summed E-state index contributed by atoms with van der Waals surface area (Å²) in [5.41, 5.74) is 0.326. The molecule has 0 aliphatic carbocycles. The van der Waals surface area contributed by atoms with Crippen molar-refractivity contribution in [2.24, 2.45) is 0 Å². The minimum absolute atomic E-state index is 0.0330. The lowest BCUT2D eigenvalue weighted by molar-refractivity contribution is 0.0740. The van der Waals surface area contributed by atoms with Gasteiger partial charge in [0.25, 0.3) is 5.91 Å². The van der Waals surface area contributed by atoms with Crippen LogP contribution in [0, 0.1) is 12.7 Å². The fraction of sp³-hybridized carbons (Fsp3) is 0.400. The summed E-state index contributed by atoms with van der Waals surface area (Å²) in [5.74, 6) is -0.145. The molecule has 2 heterocycles. The van der Waals surface area contributed by atoms with E-state index < -0.39 is 15.8 Å². The van der Waals surface area contributed by atoms with Crippen molar-refractivity contribution in [2.45, 2.75) is 24.9 Å². The van der Waals surface area contributed by atoms with Gasteiger partial charge < -0.3 is 9.47 Å². The number of aromatic nitrogens is 3. The molecule has 10 heteroatoms. The molecule has 1 aliphatic heterocycles. The van der Waals surface area contributed by atoms with Crippen molar-refractivity contribution in [3.8, 4) is 0 Å². The third kappa shape index (κ3) is 3.02. The summed E-state index contributed by atoms with van der Waals surface area (Å²) in [7, 11) is -0.735. The van der Waals surface area contributed by atoms with Gasteiger partial charge in [0, 0.05) is 27.2 Å². The molecule has 134 valence electrons. The van der Waals surface area contributed by atoms with Crippen LogP contribution >= 0.6 is 0 Å². The zero-order valence-electron chi connectivity index (χ0n) is 14.1. The number of likely N-dealkylation sites (N-methyl/N-ethyl adjacent to an activating group) is 1. The summed E-state index contributed by atoms with van der Waals surface area (Å²) in [4.78, 5) is 13.6. The van der Waals surface area contributed by atoms with E-state index in [1.165, 1.54) is 31.0 Å². The average Bonchev–Trinajstić information content (AvgIpc) is 2.94. The summed E-state index contributed by atoms with van der Waals surface area (Å²) in [6.07, 6.45) is 0. The van der Waals surface area contributed by atoms with E-state index in [9.17, 15) is 17.6 Å². The molecule has 1 aromatic heterocycles. The van der Waals surface area contributed by atoms with Gasteiger partial charge in [0.15, 0.2) is 0 Å². The molecule has 1 aliphatic rings. The van der Waals surface area contributed by atoms with Gasteiger partial charge in [-0.25, -0.2) is 12.8 Å². The number of rotatable bonds is 4. The molecule has 1 aromatic carbocycles. The lowest BCUT2D eigenvalue weighted by Gasteiger charge is -2.24. The van der Waals surface area contributed by atoms with E-state index in [2.05, 4.69) is 10.2 Å². The number of nitrogens with zero attached hydrogens (tertiary/aromatic N) is 5. The molecule has 0 radical (unpaired) electrons. The fourth-order valence-electron chi connectivity index (χ4n) is 2.72. The number of amides is 1. The highest BCUT2D eigenvalue weighted by atomic mass is 32.2. The summed E-state index contributed by atoms with van der Waals surface area (Å²) in [6.45, 7) is 2.51. The Morgan fingerprint density at radius 3 is 2.68 bits per heavy atom. The van der Waals surface area contributed by atoms with Gasteiger partial charge in [0.2, 0.25) is 15.8 Å². The third-order valence-electron chi connectivity index (χ3n) is 4.21. The quantitative estimate of drug-likeness (QED) is 0.791. The van der Waals surface area contributed by atoms with Crippen molar-refractivity contribution < 1.29 is 17.6 Å². The van der Waals surface area contributed by atoms with Crippen LogP contribution in [0.15, 0.2) is 23.1 Å². The molecule has 3 rings (SSSR count).